The lowest BCUT2D eigenvalue weighted by molar-refractivity contribution is -0.124. The van der Waals surface area contributed by atoms with E-state index in [9.17, 15) is 18.7 Å². The first kappa shape index (κ1) is 17.7. The van der Waals surface area contributed by atoms with Gasteiger partial charge in [-0.15, -0.1) is 0 Å². The van der Waals surface area contributed by atoms with E-state index in [1.165, 1.54) is 22.7 Å². The minimum atomic E-state index is -2.63. The Kier molecular flexibility index (Phi) is 4.41. The van der Waals surface area contributed by atoms with Crippen LogP contribution in [0.15, 0.2) is 42.6 Å². The van der Waals surface area contributed by atoms with Gasteiger partial charge in [0, 0.05) is 33.3 Å². The van der Waals surface area contributed by atoms with Crippen molar-refractivity contribution in [3.05, 3.63) is 77.1 Å². The smallest absolute Gasteiger partial charge is 0.257 e. The molecule has 4 aromatic rings. The number of aromatic nitrogens is 3. The van der Waals surface area contributed by atoms with E-state index in [1.807, 2.05) is 0 Å². The van der Waals surface area contributed by atoms with Gasteiger partial charge >= 0.3 is 0 Å². The first-order valence-corrected chi connectivity index (χ1v) is 9.25. The Balaban J connectivity index is 1.70. The highest BCUT2D eigenvalue weighted by Gasteiger charge is 2.21. The molecule has 0 aliphatic heterocycles. The Morgan fingerprint density at radius 2 is 1.94 bits per heavy atom. The topological polar surface area (TPSA) is 106 Å². The Labute approximate surface area is 184 Å². The van der Waals surface area contributed by atoms with Gasteiger partial charge in [-0.2, -0.15) is 0 Å². The molecule has 32 heavy (non-hydrogen) atoms. The molecular weight excluding hydrogens is 423 g/mol. The summed E-state index contributed by atoms with van der Waals surface area (Å²) in [6.07, 6.45) is -0.552. The van der Waals surface area contributed by atoms with Gasteiger partial charge in [-0.3, -0.25) is 9.20 Å². The highest BCUT2D eigenvalue weighted by atomic mass is 19.1. The molecule has 0 saturated heterocycles. The summed E-state index contributed by atoms with van der Waals surface area (Å²) in [6, 6.07) is 5.63. The summed E-state index contributed by atoms with van der Waals surface area (Å²) in [5.74, 6) is -4.27. The molecule has 0 fully saturated rings. The lowest BCUT2D eigenvalue weighted by atomic mass is 10.1. The quantitative estimate of drug-likeness (QED) is 0.445. The molecule has 0 unspecified atom stereocenters. The SMILES string of the molecule is [2H]C([2H])([2H])c1nc(-c2ccc(NC(=O)[C@H](O)c3cc(F)cc(F)c3)cc2F)c2c(N)ncc(C)n12. The van der Waals surface area contributed by atoms with E-state index in [-0.39, 0.29) is 39.7 Å². The number of nitrogens with two attached hydrogens (primary N) is 1. The predicted molar refractivity (Wildman–Crippen MR) is 112 cm³/mol. The zero-order chi connectivity index (χ0) is 25.7. The third kappa shape index (κ3) is 3.76. The number of anilines is 2. The zero-order valence-electron chi connectivity index (χ0n) is 19.5. The number of benzene rings is 2. The van der Waals surface area contributed by atoms with Crippen LogP contribution in [-0.2, 0) is 4.79 Å². The molecule has 4 rings (SSSR count). The van der Waals surface area contributed by atoms with Crippen molar-refractivity contribution in [2.75, 3.05) is 11.1 Å². The van der Waals surface area contributed by atoms with Gasteiger partial charge in [-0.25, -0.2) is 23.1 Å². The number of nitrogen functional groups attached to an aromatic ring is 1. The number of rotatable bonds is 4. The molecule has 7 nitrogen and oxygen atoms in total. The second-order valence-corrected chi connectivity index (χ2v) is 7.04. The number of amides is 1. The van der Waals surface area contributed by atoms with Crippen LogP contribution in [0.25, 0.3) is 16.8 Å². The molecule has 2 aromatic carbocycles. The summed E-state index contributed by atoms with van der Waals surface area (Å²) in [7, 11) is 0. The van der Waals surface area contributed by atoms with Crippen LogP contribution < -0.4 is 11.1 Å². The van der Waals surface area contributed by atoms with Gasteiger partial charge in [0.1, 0.15) is 40.3 Å². The summed E-state index contributed by atoms with van der Waals surface area (Å²) < 4.78 is 66.5. The minimum absolute atomic E-state index is 0.0594. The van der Waals surface area contributed by atoms with E-state index >= 15 is 4.39 Å². The number of carbonyl (C=O) groups excluding carboxylic acids is 1. The van der Waals surface area contributed by atoms with Gasteiger partial charge in [0.25, 0.3) is 5.91 Å². The lowest BCUT2D eigenvalue weighted by Crippen LogP contribution is -2.21. The molecule has 0 spiro atoms. The molecule has 2 aromatic heterocycles. The number of hydrogen-bond donors (Lipinski definition) is 3. The van der Waals surface area contributed by atoms with E-state index < -0.39 is 36.3 Å². The van der Waals surface area contributed by atoms with Crippen LogP contribution in [0.4, 0.5) is 24.7 Å². The molecule has 4 N–H and O–H groups in total. The second-order valence-electron chi connectivity index (χ2n) is 7.04. The predicted octanol–water partition coefficient (Wildman–Crippen LogP) is 3.68. The molecule has 0 aliphatic carbocycles. The molecule has 10 heteroatoms. The third-order valence-electron chi connectivity index (χ3n) is 4.80. The van der Waals surface area contributed by atoms with Crippen molar-refractivity contribution in [2.24, 2.45) is 0 Å². The average Bonchev–Trinajstić information content (AvgIpc) is 3.17. The number of nitrogens with zero attached hydrogens (tertiary/aromatic N) is 3. The Morgan fingerprint density at radius 1 is 1.22 bits per heavy atom. The number of aliphatic hydroxyl groups is 1. The molecule has 0 saturated carbocycles. The van der Waals surface area contributed by atoms with Crippen molar-refractivity contribution in [1.29, 1.82) is 0 Å². The normalized spacial score (nSPS) is 14.0. The highest BCUT2D eigenvalue weighted by Crippen LogP contribution is 2.32. The van der Waals surface area contributed by atoms with Gasteiger partial charge < -0.3 is 16.2 Å². The standard InChI is InChI=1S/C22H18F3N5O2/c1-10-9-27-21(26)19-18(28-11(2)30(10)19)16-4-3-15(8-17(16)25)29-22(32)20(31)12-5-13(23)7-14(24)6-12/h3-9,20,31H,1-2H3,(H2,26,27)(H,29,32)/t20-/m1/s1/i2D3. The van der Waals surface area contributed by atoms with Gasteiger partial charge in [-0.1, -0.05) is 0 Å². The molecule has 1 atom stereocenters. The molecule has 2 heterocycles. The molecule has 0 aliphatic rings. The summed E-state index contributed by atoms with van der Waals surface area (Å²) >= 11 is 0. The van der Waals surface area contributed by atoms with Crippen LogP contribution in [0, 0.1) is 31.2 Å². The van der Waals surface area contributed by atoms with Crippen molar-refractivity contribution in [3.63, 3.8) is 0 Å². The van der Waals surface area contributed by atoms with E-state index in [1.54, 1.807) is 6.92 Å². The Bertz CT molecular complexity index is 1450. The first-order chi connectivity index (χ1) is 16.4. The number of imidazole rings is 1. The maximum absolute atomic E-state index is 15.1. The highest BCUT2D eigenvalue weighted by molar-refractivity contribution is 5.95. The van der Waals surface area contributed by atoms with Crippen LogP contribution in [0.3, 0.4) is 0 Å². The largest absolute Gasteiger partial charge is 0.382 e. The third-order valence-corrected chi connectivity index (χ3v) is 4.80. The minimum Gasteiger partial charge on any atom is -0.382 e. The van der Waals surface area contributed by atoms with Crippen LogP contribution in [0.2, 0.25) is 0 Å². The van der Waals surface area contributed by atoms with Gasteiger partial charge in [0.05, 0.1) is 0 Å². The van der Waals surface area contributed by atoms with E-state index in [0.29, 0.717) is 11.8 Å². The fourth-order valence-electron chi connectivity index (χ4n) is 3.35. The van der Waals surface area contributed by atoms with Crippen molar-refractivity contribution < 1.29 is 27.2 Å². The zero-order valence-corrected chi connectivity index (χ0v) is 16.5. The van der Waals surface area contributed by atoms with Crippen molar-refractivity contribution in [3.8, 4) is 11.3 Å². The number of carbonyl (C=O) groups is 1. The number of aryl methyl sites for hydroxylation is 2. The Hall–Kier alpha value is -3.92. The van der Waals surface area contributed by atoms with Crippen LogP contribution >= 0.6 is 0 Å². The van der Waals surface area contributed by atoms with Gasteiger partial charge in [-0.05, 0) is 49.7 Å². The number of halogens is 3. The summed E-state index contributed by atoms with van der Waals surface area (Å²) in [5.41, 5.74) is 5.92. The van der Waals surface area contributed by atoms with E-state index in [4.69, 9.17) is 9.85 Å². The molecule has 0 bridgehead atoms. The number of fused-ring (bicyclic) bond motifs is 1. The second kappa shape index (κ2) is 7.97. The summed E-state index contributed by atoms with van der Waals surface area (Å²) in [6.45, 7) is -1.03. The fourth-order valence-corrected chi connectivity index (χ4v) is 3.35. The van der Waals surface area contributed by atoms with E-state index in [2.05, 4.69) is 15.3 Å². The fraction of sp³-hybridized carbons (Fsp3) is 0.136. The molecular formula is C22H18F3N5O2. The number of nitrogens with one attached hydrogen (secondary N) is 1. The maximum Gasteiger partial charge on any atom is 0.257 e. The van der Waals surface area contributed by atoms with Crippen molar-refractivity contribution in [2.45, 2.75) is 19.9 Å². The van der Waals surface area contributed by atoms with Crippen molar-refractivity contribution in [1.82, 2.24) is 14.4 Å². The summed E-state index contributed by atoms with van der Waals surface area (Å²) in [4.78, 5) is 20.5. The van der Waals surface area contributed by atoms with Gasteiger partial charge in [0.2, 0.25) is 0 Å². The first-order valence-electron chi connectivity index (χ1n) is 10.8. The average molecular weight is 444 g/mol. The van der Waals surface area contributed by atoms with Gasteiger partial charge in [0.15, 0.2) is 6.10 Å². The lowest BCUT2D eigenvalue weighted by Gasteiger charge is -2.13. The van der Waals surface area contributed by atoms with Crippen molar-refractivity contribution >= 4 is 22.9 Å². The molecule has 0 radical (unpaired) electrons. The van der Waals surface area contributed by atoms with E-state index in [0.717, 1.165) is 18.2 Å². The van der Waals surface area contributed by atoms with Crippen LogP contribution in [0.5, 0.6) is 0 Å². The molecule has 1 amide bonds. The number of aliphatic hydroxyl groups excluding tert-OH is 1. The summed E-state index contributed by atoms with van der Waals surface area (Å²) in [5, 5.41) is 12.4. The Morgan fingerprint density at radius 3 is 2.59 bits per heavy atom. The monoisotopic (exact) mass is 444 g/mol. The maximum atomic E-state index is 15.1. The molecule has 164 valence electrons. The number of hydrogen-bond acceptors (Lipinski definition) is 5. The van der Waals surface area contributed by atoms with Crippen LogP contribution in [-0.4, -0.2) is 25.4 Å². The van der Waals surface area contributed by atoms with Crippen LogP contribution in [0.1, 0.15) is 27.3 Å².